The molecule has 14 heavy (non-hydrogen) atoms. The van der Waals surface area contributed by atoms with Crippen LogP contribution in [0.25, 0.3) is 0 Å². The molecule has 2 rings (SSSR count). The maximum Gasteiger partial charge on any atom is 0.397 e. The minimum absolute atomic E-state index is 0.235. The Morgan fingerprint density at radius 1 is 1.36 bits per heavy atom. The molecule has 76 valence electrons. The Bertz CT molecular complexity index is 278. The van der Waals surface area contributed by atoms with E-state index in [1.807, 2.05) is 37.3 Å². The van der Waals surface area contributed by atoms with E-state index in [0.717, 1.165) is 18.8 Å². The van der Waals surface area contributed by atoms with Crippen molar-refractivity contribution < 1.29 is 13.6 Å². The summed E-state index contributed by atoms with van der Waals surface area (Å²) in [5.74, 6) is 0.799. The van der Waals surface area contributed by atoms with Gasteiger partial charge in [-0.2, -0.15) is 0 Å². The normalized spacial score (nSPS) is 27.2. The molecular formula is C10H13O3P. The standard InChI is InChI=1S/C10H13O3P/c1-9-7-8-11-14(12-9)13-10-5-3-2-4-6-10/h2-6,9H,7-8H2,1H3/t9-,14+/m1/s1. The summed E-state index contributed by atoms with van der Waals surface area (Å²) in [6.45, 7) is 2.76. The van der Waals surface area contributed by atoms with Crippen molar-refractivity contribution in [3.05, 3.63) is 30.3 Å². The van der Waals surface area contributed by atoms with Crippen LogP contribution in [0.1, 0.15) is 13.3 Å². The van der Waals surface area contributed by atoms with Crippen LogP contribution < -0.4 is 4.52 Å². The number of para-hydroxylation sites is 1. The van der Waals surface area contributed by atoms with E-state index in [9.17, 15) is 0 Å². The second kappa shape index (κ2) is 4.74. The van der Waals surface area contributed by atoms with Crippen molar-refractivity contribution in [1.82, 2.24) is 0 Å². The molecule has 3 nitrogen and oxygen atoms in total. The molecular weight excluding hydrogens is 199 g/mol. The van der Waals surface area contributed by atoms with E-state index >= 15 is 0 Å². The highest BCUT2D eigenvalue weighted by atomic mass is 31.2. The van der Waals surface area contributed by atoms with Crippen molar-refractivity contribution in [3.8, 4) is 5.75 Å². The highest BCUT2D eigenvalue weighted by molar-refractivity contribution is 7.42. The SMILES string of the molecule is C[C@@H]1CCO[P@](Oc2ccccc2)O1. The molecule has 1 heterocycles. The molecule has 0 saturated carbocycles. The molecule has 0 spiro atoms. The van der Waals surface area contributed by atoms with Crippen LogP contribution in [0.4, 0.5) is 0 Å². The Hall–Kier alpha value is -0.630. The summed E-state index contributed by atoms with van der Waals surface area (Å²) < 4.78 is 16.4. The molecule has 1 fully saturated rings. The van der Waals surface area contributed by atoms with Gasteiger partial charge in [-0.1, -0.05) is 18.2 Å². The van der Waals surface area contributed by atoms with E-state index in [1.54, 1.807) is 0 Å². The van der Waals surface area contributed by atoms with Gasteiger partial charge in [0, 0.05) is 0 Å². The number of benzene rings is 1. The average Bonchev–Trinajstić information content (AvgIpc) is 2.19. The van der Waals surface area contributed by atoms with Crippen LogP contribution in [0.2, 0.25) is 0 Å². The van der Waals surface area contributed by atoms with Crippen LogP contribution in [-0.4, -0.2) is 12.7 Å². The maximum absolute atomic E-state index is 5.55. The molecule has 1 aliphatic rings. The third kappa shape index (κ3) is 2.68. The zero-order valence-electron chi connectivity index (χ0n) is 8.05. The lowest BCUT2D eigenvalue weighted by molar-refractivity contribution is 0.0936. The fourth-order valence-corrected chi connectivity index (χ4v) is 2.24. The van der Waals surface area contributed by atoms with Crippen molar-refractivity contribution in [2.75, 3.05) is 6.61 Å². The second-order valence-corrected chi connectivity index (χ2v) is 4.26. The van der Waals surface area contributed by atoms with E-state index < -0.39 is 8.60 Å². The van der Waals surface area contributed by atoms with Gasteiger partial charge in [-0.3, -0.25) is 4.52 Å². The topological polar surface area (TPSA) is 27.7 Å². The lowest BCUT2D eigenvalue weighted by atomic mass is 10.3. The Balaban J connectivity index is 1.91. The van der Waals surface area contributed by atoms with Crippen LogP contribution in [-0.2, 0) is 9.05 Å². The molecule has 1 aromatic rings. The Labute approximate surface area is 85.0 Å². The molecule has 1 aromatic carbocycles. The van der Waals surface area contributed by atoms with Crippen LogP contribution in [0.15, 0.2) is 30.3 Å². The maximum atomic E-state index is 5.55. The van der Waals surface area contributed by atoms with Gasteiger partial charge >= 0.3 is 8.60 Å². The van der Waals surface area contributed by atoms with E-state index in [2.05, 4.69) is 0 Å². The summed E-state index contributed by atoms with van der Waals surface area (Å²) >= 11 is 0. The summed E-state index contributed by atoms with van der Waals surface area (Å²) in [5.41, 5.74) is 0. The van der Waals surface area contributed by atoms with Crippen molar-refractivity contribution in [2.24, 2.45) is 0 Å². The molecule has 1 saturated heterocycles. The van der Waals surface area contributed by atoms with Gasteiger partial charge in [0.25, 0.3) is 0 Å². The monoisotopic (exact) mass is 212 g/mol. The van der Waals surface area contributed by atoms with E-state index in [4.69, 9.17) is 13.6 Å². The Morgan fingerprint density at radius 2 is 2.14 bits per heavy atom. The van der Waals surface area contributed by atoms with Gasteiger partial charge in [-0.25, -0.2) is 0 Å². The van der Waals surface area contributed by atoms with Gasteiger partial charge < -0.3 is 9.05 Å². The van der Waals surface area contributed by atoms with Crippen molar-refractivity contribution in [1.29, 1.82) is 0 Å². The quantitative estimate of drug-likeness (QED) is 0.705. The van der Waals surface area contributed by atoms with Crippen LogP contribution >= 0.6 is 8.60 Å². The molecule has 0 aromatic heterocycles. The molecule has 0 unspecified atom stereocenters. The summed E-state index contributed by atoms with van der Waals surface area (Å²) in [7, 11) is -1.19. The summed E-state index contributed by atoms with van der Waals surface area (Å²) in [5, 5.41) is 0. The van der Waals surface area contributed by atoms with Gasteiger partial charge in [0.15, 0.2) is 0 Å². The smallest absolute Gasteiger partial charge is 0.397 e. The highest BCUT2D eigenvalue weighted by Gasteiger charge is 2.23. The zero-order valence-corrected chi connectivity index (χ0v) is 8.94. The summed E-state index contributed by atoms with van der Waals surface area (Å²) in [4.78, 5) is 0. The molecule has 4 heteroatoms. The lowest BCUT2D eigenvalue weighted by Gasteiger charge is -2.25. The van der Waals surface area contributed by atoms with E-state index in [0.29, 0.717) is 0 Å². The Morgan fingerprint density at radius 3 is 2.86 bits per heavy atom. The molecule has 0 N–H and O–H groups in total. The first-order valence-electron chi connectivity index (χ1n) is 4.67. The zero-order chi connectivity index (χ0) is 9.80. The van der Waals surface area contributed by atoms with E-state index in [-0.39, 0.29) is 6.10 Å². The van der Waals surface area contributed by atoms with Gasteiger partial charge in [-0.05, 0) is 25.5 Å². The predicted octanol–water partition coefficient (Wildman–Crippen LogP) is 3.12. The number of hydrogen-bond donors (Lipinski definition) is 0. The van der Waals surface area contributed by atoms with E-state index in [1.165, 1.54) is 0 Å². The van der Waals surface area contributed by atoms with Gasteiger partial charge in [0.2, 0.25) is 0 Å². The third-order valence-electron chi connectivity index (χ3n) is 1.91. The van der Waals surface area contributed by atoms with Gasteiger partial charge in [-0.15, -0.1) is 0 Å². The average molecular weight is 212 g/mol. The van der Waals surface area contributed by atoms with Crippen LogP contribution in [0.5, 0.6) is 5.75 Å². The fourth-order valence-electron chi connectivity index (χ4n) is 1.14. The summed E-state index contributed by atoms with van der Waals surface area (Å²) in [6, 6.07) is 9.60. The predicted molar refractivity (Wildman–Crippen MR) is 55.1 cm³/mol. The van der Waals surface area contributed by atoms with Crippen molar-refractivity contribution in [3.63, 3.8) is 0 Å². The molecule has 0 radical (unpaired) electrons. The first-order valence-corrected chi connectivity index (χ1v) is 5.77. The van der Waals surface area contributed by atoms with Crippen LogP contribution in [0, 0.1) is 0 Å². The molecule has 0 bridgehead atoms. The van der Waals surface area contributed by atoms with Crippen molar-refractivity contribution >= 4 is 8.60 Å². The molecule has 0 aliphatic carbocycles. The number of hydrogen-bond acceptors (Lipinski definition) is 3. The first-order chi connectivity index (χ1) is 6.84. The lowest BCUT2D eigenvalue weighted by Crippen LogP contribution is -2.16. The van der Waals surface area contributed by atoms with Gasteiger partial charge in [0.1, 0.15) is 5.75 Å². The van der Waals surface area contributed by atoms with Gasteiger partial charge in [0.05, 0.1) is 12.7 Å². The minimum Gasteiger partial charge on any atom is -0.427 e. The number of rotatable bonds is 2. The molecule has 2 atom stereocenters. The van der Waals surface area contributed by atoms with Crippen molar-refractivity contribution in [2.45, 2.75) is 19.4 Å². The highest BCUT2D eigenvalue weighted by Crippen LogP contribution is 2.44. The Kier molecular flexibility index (Phi) is 3.35. The molecule has 0 amide bonds. The second-order valence-electron chi connectivity index (χ2n) is 3.17. The largest absolute Gasteiger partial charge is 0.427 e. The third-order valence-corrected chi connectivity index (χ3v) is 3.20. The first kappa shape index (κ1) is 9.91. The summed E-state index contributed by atoms with van der Waals surface area (Å²) in [6.07, 6.45) is 1.18. The minimum atomic E-state index is -1.19. The fraction of sp³-hybridized carbons (Fsp3) is 0.400. The molecule has 1 aliphatic heterocycles. The van der Waals surface area contributed by atoms with Crippen LogP contribution in [0.3, 0.4) is 0 Å².